The fraction of sp³-hybridized carbons (Fsp3) is 0.241. The van der Waals surface area contributed by atoms with Crippen LogP contribution in [0.4, 0.5) is 20.6 Å². The van der Waals surface area contributed by atoms with Crippen LogP contribution in [-0.2, 0) is 13.2 Å². The molecule has 4 aromatic rings. The van der Waals surface area contributed by atoms with Gasteiger partial charge in [0.2, 0.25) is 5.75 Å². The summed E-state index contributed by atoms with van der Waals surface area (Å²) in [5.74, 6) is -1.24. The SMILES string of the molecule is CN1CCN(c2cc(N(C)C)cn3c(=O)c(OCc4ccccc4)c(C(=O)NCc4ccc(F)cc4)nc23)C1=O. The topological polar surface area (TPSA) is 99.5 Å². The normalized spacial score (nSPS) is 13.2. The number of nitrogens with one attached hydrogen (secondary N) is 1. The lowest BCUT2D eigenvalue weighted by atomic mass is 10.2. The summed E-state index contributed by atoms with van der Waals surface area (Å²) in [6.45, 7) is 1.03. The van der Waals surface area contributed by atoms with Crippen LogP contribution in [0.1, 0.15) is 21.6 Å². The number of amides is 3. The first-order chi connectivity index (χ1) is 19.2. The van der Waals surface area contributed by atoms with Crippen molar-refractivity contribution < 1.29 is 18.7 Å². The number of ether oxygens (including phenoxy) is 1. The summed E-state index contributed by atoms with van der Waals surface area (Å²) in [7, 11) is 5.35. The lowest BCUT2D eigenvalue weighted by Crippen LogP contribution is -2.33. The smallest absolute Gasteiger partial charge is 0.324 e. The van der Waals surface area contributed by atoms with E-state index in [1.807, 2.05) is 49.3 Å². The highest BCUT2D eigenvalue weighted by Gasteiger charge is 2.31. The molecule has 1 fully saturated rings. The predicted molar refractivity (Wildman–Crippen MR) is 150 cm³/mol. The molecule has 5 rings (SSSR count). The molecule has 3 heterocycles. The van der Waals surface area contributed by atoms with Gasteiger partial charge in [0.15, 0.2) is 11.3 Å². The molecule has 0 saturated carbocycles. The highest BCUT2D eigenvalue weighted by atomic mass is 19.1. The van der Waals surface area contributed by atoms with Crippen LogP contribution in [0.2, 0.25) is 0 Å². The summed E-state index contributed by atoms with van der Waals surface area (Å²) in [6, 6.07) is 16.5. The van der Waals surface area contributed by atoms with Gasteiger partial charge in [-0.25, -0.2) is 14.2 Å². The van der Waals surface area contributed by atoms with Crippen LogP contribution in [0, 0.1) is 5.82 Å². The van der Waals surface area contributed by atoms with Gasteiger partial charge in [0.25, 0.3) is 5.91 Å². The number of urea groups is 1. The molecular formula is C29H29FN6O4. The molecule has 0 unspecified atom stereocenters. The van der Waals surface area contributed by atoms with Crippen molar-refractivity contribution in [2.24, 2.45) is 0 Å². The Labute approximate surface area is 230 Å². The minimum atomic E-state index is -0.639. The van der Waals surface area contributed by atoms with Gasteiger partial charge in [-0.2, -0.15) is 0 Å². The van der Waals surface area contributed by atoms with Gasteiger partial charge in [0.1, 0.15) is 12.4 Å². The first-order valence-electron chi connectivity index (χ1n) is 12.7. The Hall–Kier alpha value is -4.93. The standard InChI is InChI=1S/C29H29FN6O4/c1-33(2)22-15-23(35-14-13-34(3)29(35)39)26-32-24(27(37)31-16-19-9-11-21(30)12-10-19)25(28(38)36(26)17-22)40-18-20-7-5-4-6-8-20/h4-12,15,17H,13-14,16,18H2,1-3H3,(H,31,37). The predicted octanol–water partition coefficient (Wildman–Crippen LogP) is 3.28. The Balaban J connectivity index is 1.63. The van der Waals surface area contributed by atoms with Crippen molar-refractivity contribution in [2.75, 3.05) is 44.0 Å². The van der Waals surface area contributed by atoms with Gasteiger partial charge in [0, 0.05) is 47.0 Å². The number of aromatic nitrogens is 2. The Morgan fingerprint density at radius 2 is 1.77 bits per heavy atom. The number of rotatable bonds is 8. The lowest BCUT2D eigenvalue weighted by molar-refractivity contribution is 0.0940. The lowest BCUT2D eigenvalue weighted by Gasteiger charge is -2.22. The molecule has 1 aliphatic rings. The fourth-order valence-electron chi connectivity index (χ4n) is 4.39. The van der Waals surface area contributed by atoms with Crippen LogP contribution in [0.25, 0.3) is 5.65 Å². The van der Waals surface area contributed by atoms with Crippen molar-refractivity contribution in [1.29, 1.82) is 0 Å². The molecule has 1 aliphatic heterocycles. The molecule has 11 heteroatoms. The average Bonchev–Trinajstić information content (AvgIpc) is 3.29. The highest BCUT2D eigenvalue weighted by Crippen LogP contribution is 2.29. The molecule has 0 bridgehead atoms. The maximum absolute atomic E-state index is 13.9. The van der Waals surface area contributed by atoms with Crippen molar-refractivity contribution >= 4 is 29.0 Å². The molecule has 0 atom stereocenters. The molecule has 3 amide bonds. The van der Waals surface area contributed by atoms with Crippen LogP contribution in [0.3, 0.4) is 0 Å². The van der Waals surface area contributed by atoms with Crippen molar-refractivity contribution in [1.82, 2.24) is 19.6 Å². The number of carbonyl (C=O) groups excluding carboxylic acids is 2. The molecule has 40 heavy (non-hydrogen) atoms. The molecule has 2 aromatic heterocycles. The fourth-order valence-corrected chi connectivity index (χ4v) is 4.39. The molecule has 10 nitrogen and oxygen atoms in total. The van der Waals surface area contributed by atoms with Crippen LogP contribution in [0.5, 0.6) is 5.75 Å². The maximum Gasteiger partial charge on any atom is 0.324 e. The highest BCUT2D eigenvalue weighted by molar-refractivity contribution is 6.00. The summed E-state index contributed by atoms with van der Waals surface area (Å²) in [5.41, 5.74) is 1.90. The largest absolute Gasteiger partial charge is 0.481 e. The van der Waals surface area contributed by atoms with E-state index >= 15 is 0 Å². The first kappa shape index (κ1) is 26.7. The molecule has 0 aliphatic carbocycles. The summed E-state index contributed by atoms with van der Waals surface area (Å²) in [4.78, 5) is 49.9. The minimum absolute atomic E-state index is 0.0394. The minimum Gasteiger partial charge on any atom is -0.481 e. The van der Waals surface area contributed by atoms with Crippen LogP contribution in [0.15, 0.2) is 71.7 Å². The molecule has 206 valence electrons. The molecule has 1 saturated heterocycles. The quantitative estimate of drug-likeness (QED) is 0.366. The molecule has 2 aromatic carbocycles. The van der Waals surface area contributed by atoms with Crippen LogP contribution < -0.4 is 25.4 Å². The zero-order chi connectivity index (χ0) is 28.4. The van der Waals surface area contributed by atoms with Crippen molar-refractivity contribution in [3.8, 4) is 5.75 Å². The second-order valence-corrected chi connectivity index (χ2v) is 9.71. The monoisotopic (exact) mass is 544 g/mol. The van der Waals surface area contributed by atoms with Gasteiger partial charge in [-0.1, -0.05) is 42.5 Å². The number of nitrogens with zero attached hydrogens (tertiary/aromatic N) is 5. The number of pyridine rings is 1. The number of hydrogen-bond donors (Lipinski definition) is 1. The number of anilines is 2. The van der Waals surface area contributed by atoms with E-state index in [9.17, 15) is 18.8 Å². The van der Waals surface area contributed by atoms with Crippen molar-refractivity contribution in [3.05, 3.63) is 99.9 Å². The third-order valence-electron chi connectivity index (χ3n) is 6.68. The van der Waals surface area contributed by atoms with Gasteiger partial charge in [-0.3, -0.25) is 18.9 Å². The van der Waals surface area contributed by atoms with E-state index < -0.39 is 11.5 Å². The second kappa shape index (κ2) is 11.0. The van der Waals surface area contributed by atoms with E-state index in [1.165, 1.54) is 16.5 Å². The number of likely N-dealkylation sites (N-methyl/N-ethyl adjacent to an activating group) is 1. The average molecular weight is 545 g/mol. The van der Waals surface area contributed by atoms with Crippen molar-refractivity contribution in [2.45, 2.75) is 13.2 Å². The number of benzene rings is 2. The number of hydrogen-bond acceptors (Lipinski definition) is 6. The Morgan fingerprint density at radius 3 is 2.42 bits per heavy atom. The Bertz CT molecular complexity index is 1620. The first-order valence-corrected chi connectivity index (χ1v) is 12.7. The van der Waals surface area contributed by atoms with E-state index in [1.54, 1.807) is 41.2 Å². The van der Waals surface area contributed by atoms with Gasteiger partial charge in [0.05, 0.1) is 11.4 Å². The third-order valence-corrected chi connectivity index (χ3v) is 6.68. The summed E-state index contributed by atoms with van der Waals surface area (Å²) < 4.78 is 20.6. The van der Waals surface area contributed by atoms with E-state index in [0.29, 0.717) is 30.0 Å². The zero-order valence-electron chi connectivity index (χ0n) is 22.4. The van der Waals surface area contributed by atoms with E-state index in [-0.39, 0.29) is 42.1 Å². The molecule has 1 N–H and O–H groups in total. The number of carbonyl (C=O) groups is 2. The molecule has 0 radical (unpaired) electrons. The summed E-state index contributed by atoms with van der Waals surface area (Å²) in [5, 5.41) is 2.75. The van der Waals surface area contributed by atoms with Crippen LogP contribution >= 0.6 is 0 Å². The van der Waals surface area contributed by atoms with Gasteiger partial charge < -0.3 is 19.9 Å². The van der Waals surface area contributed by atoms with E-state index in [4.69, 9.17) is 4.74 Å². The summed E-state index contributed by atoms with van der Waals surface area (Å²) in [6.07, 6.45) is 1.61. The van der Waals surface area contributed by atoms with Gasteiger partial charge in [-0.05, 0) is 29.3 Å². The maximum atomic E-state index is 13.9. The zero-order valence-corrected chi connectivity index (χ0v) is 22.4. The number of halogens is 1. The van der Waals surface area contributed by atoms with E-state index in [0.717, 1.165) is 5.56 Å². The Morgan fingerprint density at radius 1 is 1.05 bits per heavy atom. The van der Waals surface area contributed by atoms with Gasteiger partial charge in [-0.15, -0.1) is 0 Å². The summed E-state index contributed by atoms with van der Waals surface area (Å²) >= 11 is 0. The van der Waals surface area contributed by atoms with Crippen molar-refractivity contribution in [3.63, 3.8) is 0 Å². The van der Waals surface area contributed by atoms with Gasteiger partial charge >= 0.3 is 11.6 Å². The van der Waals surface area contributed by atoms with E-state index in [2.05, 4.69) is 10.3 Å². The second-order valence-electron chi connectivity index (χ2n) is 9.71. The number of fused-ring (bicyclic) bond motifs is 1. The molecule has 0 spiro atoms. The third kappa shape index (κ3) is 5.31. The molecular weight excluding hydrogens is 515 g/mol. The Kier molecular flexibility index (Phi) is 7.37. The van der Waals surface area contributed by atoms with Crippen LogP contribution in [-0.4, -0.2) is 60.5 Å².